The fourth-order valence-electron chi connectivity index (χ4n) is 4.82. The molecule has 0 aliphatic carbocycles. The highest BCUT2D eigenvalue weighted by Gasteiger charge is 2.54. The highest BCUT2D eigenvalue weighted by molar-refractivity contribution is 6.27. The number of hydrogen-bond acceptors (Lipinski definition) is 7. The molecule has 42 heavy (non-hydrogen) atoms. The molecule has 3 aromatic rings. The molecule has 1 atom stereocenters. The number of carbonyl (C=O) groups is 3. The molecule has 0 saturated carbocycles. The number of anilines is 3. The summed E-state index contributed by atoms with van der Waals surface area (Å²) >= 11 is 0. The van der Waals surface area contributed by atoms with Crippen molar-refractivity contribution in [3.63, 3.8) is 0 Å². The van der Waals surface area contributed by atoms with E-state index in [0.717, 1.165) is 40.5 Å². The molecule has 0 saturated heterocycles. The number of ether oxygens (including phenoxy) is 1. The molecule has 0 radical (unpaired) electrons. The molecular weight excluding hydrogens is 532 g/mol. The van der Waals surface area contributed by atoms with Gasteiger partial charge in [-0.15, -0.1) is 5.10 Å². The van der Waals surface area contributed by atoms with Gasteiger partial charge in [0, 0.05) is 31.4 Å². The molecule has 3 N–H and O–H groups in total. The lowest BCUT2D eigenvalue weighted by molar-refractivity contribution is -0.127. The highest BCUT2D eigenvalue weighted by Crippen LogP contribution is 2.29. The van der Waals surface area contributed by atoms with Gasteiger partial charge in [-0.1, -0.05) is 18.2 Å². The third kappa shape index (κ3) is 6.38. The first-order valence-corrected chi connectivity index (χ1v) is 14.0. The zero-order valence-electron chi connectivity index (χ0n) is 24.9. The quantitative estimate of drug-likeness (QED) is 0.314. The van der Waals surface area contributed by atoms with Gasteiger partial charge in [0.15, 0.2) is 12.4 Å². The van der Waals surface area contributed by atoms with Crippen molar-refractivity contribution in [2.24, 2.45) is 5.10 Å². The first-order chi connectivity index (χ1) is 20.1. The minimum absolute atomic E-state index is 0.0794. The van der Waals surface area contributed by atoms with Gasteiger partial charge in [0.05, 0.1) is 5.69 Å². The van der Waals surface area contributed by atoms with Crippen LogP contribution in [0.15, 0.2) is 71.8 Å². The van der Waals surface area contributed by atoms with E-state index >= 15 is 0 Å². The summed E-state index contributed by atoms with van der Waals surface area (Å²) in [5, 5.41) is 14.2. The lowest BCUT2D eigenvalue weighted by atomic mass is 10.0. The molecule has 0 bridgehead atoms. The zero-order chi connectivity index (χ0) is 30.4. The van der Waals surface area contributed by atoms with Crippen molar-refractivity contribution in [1.82, 2.24) is 10.6 Å². The molecule has 1 unspecified atom stereocenters. The van der Waals surface area contributed by atoms with Crippen LogP contribution in [0, 0.1) is 20.8 Å². The fraction of sp³-hybridized carbons (Fsp3) is 0.312. The normalized spacial score (nSPS) is 16.1. The van der Waals surface area contributed by atoms with Gasteiger partial charge in [-0.25, -0.2) is 0 Å². The predicted molar refractivity (Wildman–Crippen MR) is 166 cm³/mol. The summed E-state index contributed by atoms with van der Waals surface area (Å²) in [6, 6.07) is 20.0. The number of rotatable bonds is 10. The molecule has 3 amide bonds. The molecule has 1 aliphatic rings. The predicted octanol–water partition coefficient (Wildman–Crippen LogP) is 4.26. The van der Waals surface area contributed by atoms with E-state index in [1.807, 2.05) is 63.2 Å². The monoisotopic (exact) mass is 570 g/mol. The van der Waals surface area contributed by atoms with Gasteiger partial charge in [-0.2, -0.15) is 5.01 Å². The van der Waals surface area contributed by atoms with Gasteiger partial charge in [-0.05, 0) is 99.8 Å². The van der Waals surface area contributed by atoms with Crippen LogP contribution in [0.4, 0.5) is 17.1 Å². The Kier molecular flexibility index (Phi) is 9.15. The van der Waals surface area contributed by atoms with E-state index in [4.69, 9.17) is 4.74 Å². The molecule has 4 rings (SSSR count). The lowest BCUT2D eigenvalue weighted by Crippen LogP contribution is -2.68. The maximum absolute atomic E-state index is 14.1. The minimum Gasteiger partial charge on any atom is -0.484 e. The van der Waals surface area contributed by atoms with Crippen LogP contribution >= 0.6 is 0 Å². The van der Waals surface area contributed by atoms with E-state index in [2.05, 4.69) is 39.8 Å². The molecule has 0 fully saturated rings. The number of carbonyl (C=O) groups excluding carboxylic acids is 3. The third-order valence-corrected chi connectivity index (χ3v) is 7.29. The maximum Gasteiger partial charge on any atom is 0.302 e. The Bertz CT molecular complexity index is 1460. The van der Waals surface area contributed by atoms with Crippen molar-refractivity contribution in [2.45, 2.75) is 47.2 Å². The molecule has 0 spiro atoms. The van der Waals surface area contributed by atoms with Crippen molar-refractivity contribution in [3.05, 3.63) is 83.4 Å². The van der Waals surface area contributed by atoms with Crippen molar-refractivity contribution in [2.75, 3.05) is 34.9 Å². The number of amides is 3. The third-order valence-electron chi connectivity index (χ3n) is 7.29. The Morgan fingerprint density at radius 2 is 1.57 bits per heavy atom. The van der Waals surface area contributed by atoms with Crippen LogP contribution in [0.2, 0.25) is 0 Å². The van der Waals surface area contributed by atoms with E-state index < -0.39 is 23.4 Å². The van der Waals surface area contributed by atoms with Crippen LogP contribution in [0.5, 0.6) is 5.75 Å². The van der Waals surface area contributed by atoms with Crippen LogP contribution in [0.3, 0.4) is 0 Å². The number of benzene rings is 3. The average Bonchev–Trinajstić information content (AvgIpc) is 3.22. The van der Waals surface area contributed by atoms with E-state index in [0.29, 0.717) is 17.1 Å². The second kappa shape index (κ2) is 12.8. The number of nitrogens with one attached hydrogen (secondary N) is 3. The summed E-state index contributed by atoms with van der Waals surface area (Å²) in [5.74, 6) is -1.14. The Morgan fingerprint density at radius 1 is 0.952 bits per heavy atom. The molecule has 1 aliphatic heterocycles. The Labute approximate surface area is 246 Å². The summed E-state index contributed by atoms with van der Waals surface area (Å²) in [6.45, 7) is 12.8. The Balaban J connectivity index is 1.66. The standard InChI is InChI=1S/C32H38N6O4/c1-7-37(8-2)26-16-14-25(15-17-26)35-32(34-24(6)39)30(36-38(31(32)41)27-12-10-9-11-13-27)33-29(40)20-42-28-18-21(3)23(5)22(4)19-28/h9-19,35H,7-8,20H2,1-6H3,(H,34,39)(H,33,36,40). The Hall–Kier alpha value is -4.86. The molecular formula is C32H38N6O4. The van der Waals surface area contributed by atoms with Gasteiger partial charge >= 0.3 is 5.91 Å². The van der Waals surface area contributed by atoms with Gasteiger partial charge < -0.3 is 25.6 Å². The summed E-state index contributed by atoms with van der Waals surface area (Å²) in [4.78, 5) is 41.9. The smallest absolute Gasteiger partial charge is 0.302 e. The topological polar surface area (TPSA) is 115 Å². The first kappa shape index (κ1) is 30.1. The van der Waals surface area contributed by atoms with Crippen LogP contribution in [-0.2, 0) is 14.4 Å². The molecule has 0 aromatic heterocycles. The van der Waals surface area contributed by atoms with Crippen LogP contribution in [0.25, 0.3) is 0 Å². The number of hydrazone groups is 1. The molecule has 10 heteroatoms. The second-order valence-electron chi connectivity index (χ2n) is 10.2. The Morgan fingerprint density at radius 3 is 2.14 bits per heavy atom. The molecule has 3 aromatic carbocycles. The number of nitrogens with zero attached hydrogens (tertiary/aromatic N) is 3. The summed E-state index contributed by atoms with van der Waals surface area (Å²) < 4.78 is 5.78. The average molecular weight is 571 g/mol. The van der Waals surface area contributed by atoms with Crippen LogP contribution in [-0.4, -0.2) is 48.9 Å². The van der Waals surface area contributed by atoms with Gasteiger partial charge in [0.1, 0.15) is 5.75 Å². The molecule has 220 valence electrons. The molecule has 10 nitrogen and oxygen atoms in total. The van der Waals surface area contributed by atoms with Gasteiger partial charge in [0.2, 0.25) is 5.91 Å². The zero-order valence-corrected chi connectivity index (χ0v) is 24.9. The summed E-state index contributed by atoms with van der Waals surface area (Å²) in [7, 11) is 0. The van der Waals surface area contributed by atoms with Crippen molar-refractivity contribution in [3.8, 4) is 5.75 Å². The molecule has 1 heterocycles. The van der Waals surface area contributed by atoms with Gasteiger partial charge in [-0.3, -0.25) is 14.4 Å². The largest absolute Gasteiger partial charge is 0.484 e. The lowest BCUT2D eigenvalue weighted by Gasteiger charge is -2.31. The van der Waals surface area contributed by atoms with Crippen molar-refractivity contribution >= 4 is 40.6 Å². The van der Waals surface area contributed by atoms with Gasteiger partial charge in [0.25, 0.3) is 11.6 Å². The van der Waals surface area contributed by atoms with Crippen molar-refractivity contribution < 1.29 is 19.1 Å². The van der Waals surface area contributed by atoms with E-state index in [1.54, 1.807) is 24.3 Å². The minimum atomic E-state index is -1.88. The first-order valence-electron chi connectivity index (χ1n) is 14.0. The number of amidine groups is 1. The summed E-state index contributed by atoms with van der Waals surface area (Å²) in [6.07, 6.45) is 0. The van der Waals surface area contributed by atoms with Crippen molar-refractivity contribution in [1.29, 1.82) is 0 Å². The second-order valence-corrected chi connectivity index (χ2v) is 10.2. The maximum atomic E-state index is 14.1. The van der Waals surface area contributed by atoms with E-state index in [-0.39, 0.29) is 12.4 Å². The summed E-state index contributed by atoms with van der Waals surface area (Å²) in [5.41, 5.74) is 3.41. The fourth-order valence-corrected chi connectivity index (χ4v) is 4.82. The van der Waals surface area contributed by atoms with Crippen LogP contribution < -0.4 is 30.6 Å². The number of aryl methyl sites for hydroxylation is 2. The SMILES string of the molecule is CCN(CC)c1ccc(NC2(NC(C)=O)C(=O)N(c3ccccc3)N=C2NC(=O)COc2cc(C)c(C)c(C)c2)cc1. The number of para-hydroxylation sites is 1. The number of hydrogen-bond donors (Lipinski definition) is 3. The van der Waals surface area contributed by atoms with Crippen LogP contribution in [0.1, 0.15) is 37.5 Å². The van der Waals surface area contributed by atoms with E-state index in [9.17, 15) is 14.4 Å². The van der Waals surface area contributed by atoms with E-state index in [1.165, 1.54) is 6.92 Å². The highest BCUT2D eigenvalue weighted by atomic mass is 16.5.